The zero-order chi connectivity index (χ0) is 17.9. The first kappa shape index (κ1) is 17.9. The van der Waals surface area contributed by atoms with Gasteiger partial charge in [0.05, 0.1) is 18.0 Å². The van der Waals surface area contributed by atoms with Gasteiger partial charge in [-0.2, -0.15) is 0 Å². The Balaban J connectivity index is 2.12. The van der Waals surface area contributed by atoms with Gasteiger partial charge < -0.3 is 5.32 Å². The highest BCUT2D eigenvalue weighted by molar-refractivity contribution is 7.92. The molecular formula is C17H19FN2O3S. The molecule has 128 valence electrons. The fourth-order valence-electron chi connectivity index (χ4n) is 2.23. The summed E-state index contributed by atoms with van der Waals surface area (Å²) in [6.07, 6.45) is 1.07. The summed E-state index contributed by atoms with van der Waals surface area (Å²) in [6, 6.07) is 10.3. The molecule has 1 unspecified atom stereocenters. The first-order valence-corrected chi connectivity index (χ1v) is 9.19. The molecule has 0 bridgehead atoms. The molecule has 24 heavy (non-hydrogen) atoms. The van der Waals surface area contributed by atoms with Gasteiger partial charge in [-0.1, -0.05) is 12.1 Å². The average Bonchev–Trinajstić information content (AvgIpc) is 2.48. The fourth-order valence-corrected chi connectivity index (χ4v) is 2.86. The summed E-state index contributed by atoms with van der Waals surface area (Å²) in [5.74, 6) is -0.623. The third kappa shape index (κ3) is 4.79. The van der Waals surface area contributed by atoms with Crippen molar-refractivity contribution in [3.8, 4) is 0 Å². The van der Waals surface area contributed by atoms with Crippen LogP contribution in [0.3, 0.4) is 0 Å². The van der Waals surface area contributed by atoms with E-state index in [1.54, 1.807) is 44.2 Å². The summed E-state index contributed by atoms with van der Waals surface area (Å²) in [5.41, 5.74) is 2.28. The van der Waals surface area contributed by atoms with Crippen LogP contribution in [0.1, 0.15) is 34.5 Å². The number of rotatable bonds is 5. The molecule has 2 rings (SSSR count). The normalized spacial score (nSPS) is 12.5. The molecule has 0 aliphatic rings. The average molecular weight is 350 g/mol. The fraction of sp³-hybridized carbons (Fsp3) is 0.235. The van der Waals surface area contributed by atoms with E-state index in [1.165, 1.54) is 12.1 Å². The summed E-state index contributed by atoms with van der Waals surface area (Å²) < 4.78 is 37.9. The molecule has 0 aliphatic heterocycles. The smallest absolute Gasteiger partial charge is 0.251 e. The monoisotopic (exact) mass is 350 g/mol. The number of halogens is 1. The van der Waals surface area contributed by atoms with Crippen molar-refractivity contribution in [3.63, 3.8) is 0 Å². The zero-order valence-electron chi connectivity index (χ0n) is 13.6. The van der Waals surface area contributed by atoms with E-state index in [1.807, 2.05) is 0 Å². The van der Waals surface area contributed by atoms with Crippen LogP contribution in [0.5, 0.6) is 0 Å². The number of aryl methyl sites for hydroxylation is 1. The number of sulfonamides is 1. The minimum atomic E-state index is -3.37. The molecule has 5 nitrogen and oxygen atoms in total. The molecule has 1 atom stereocenters. The molecule has 0 fully saturated rings. The molecule has 2 aromatic carbocycles. The summed E-state index contributed by atoms with van der Waals surface area (Å²) >= 11 is 0. The lowest BCUT2D eigenvalue weighted by Gasteiger charge is -2.15. The number of carbonyl (C=O) groups is 1. The number of amides is 1. The van der Waals surface area contributed by atoms with Gasteiger partial charge in [0.25, 0.3) is 5.91 Å². The zero-order valence-corrected chi connectivity index (χ0v) is 14.4. The number of carbonyl (C=O) groups excluding carboxylic acids is 1. The number of hydrogen-bond donors (Lipinski definition) is 2. The van der Waals surface area contributed by atoms with Crippen LogP contribution in [0, 0.1) is 12.7 Å². The molecule has 2 N–H and O–H groups in total. The molecule has 0 spiro atoms. The van der Waals surface area contributed by atoms with Crippen molar-refractivity contribution in [1.82, 2.24) is 5.32 Å². The van der Waals surface area contributed by atoms with Gasteiger partial charge in [-0.05, 0) is 55.3 Å². The van der Waals surface area contributed by atoms with Gasteiger partial charge in [-0.3, -0.25) is 9.52 Å². The number of nitrogens with one attached hydrogen (secondary N) is 2. The minimum Gasteiger partial charge on any atom is -0.346 e. The van der Waals surface area contributed by atoms with Gasteiger partial charge in [0.15, 0.2) is 0 Å². The van der Waals surface area contributed by atoms with Gasteiger partial charge >= 0.3 is 0 Å². The van der Waals surface area contributed by atoms with Crippen molar-refractivity contribution < 1.29 is 17.6 Å². The maximum absolute atomic E-state index is 12.9. The Hall–Kier alpha value is -2.41. The predicted octanol–water partition coefficient (Wildman–Crippen LogP) is 3.00. The van der Waals surface area contributed by atoms with Crippen molar-refractivity contribution in [2.75, 3.05) is 11.0 Å². The van der Waals surface area contributed by atoms with Crippen molar-refractivity contribution in [1.29, 1.82) is 0 Å². The highest BCUT2D eigenvalue weighted by Crippen LogP contribution is 2.19. The standard InChI is InChI=1S/C17H19FN2O3S/c1-11-10-14(6-9-16(11)20-24(3,22)23)17(21)19-12(2)13-4-7-15(18)8-5-13/h4-10,12,20H,1-3H3,(H,19,21). The van der Waals surface area contributed by atoms with Gasteiger partial charge in [-0.15, -0.1) is 0 Å². The second-order valence-corrected chi connectivity index (χ2v) is 7.40. The van der Waals surface area contributed by atoms with Crippen LogP contribution in [-0.4, -0.2) is 20.6 Å². The van der Waals surface area contributed by atoms with Crippen LogP contribution in [0.4, 0.5) is 10.1 Å². The van der Waals surface area contributed by atoms with E-state index in [-0.39, 0.29) is 17.8 Å². The number of hydrogen-bond acceptors (Lipinski definition) is 3. The third-order valence-corrected chi connectivity index (χ3v) is 4.09. The van der Waals surface area contributed by atoms with Crippen LogP contribution >= 0.6 is 0 Å². The highest BCUT2D eigenvalue weighted by Gasteiger charge is 2.13. The van der Waals surface area contributed by atoms with Crippen molar-refractivity contribution >= 4 is 21.6 Å². The predicted molar refractivity (Wildman–Crippen MR) is 91.9 cm³/mol. The molecule has 0 saturated carbocycles. The molecule has 0 aromatic heterocycles. The molecule has 0 radical (unpaired) electrons. The van der Waals surface area contributed by atoms with E-state index in [0.717, 1.165) is 11.8 Å². The highest BCUT2D eigenvalue weighted by atomic mass is 32.2. The Morgan fingerprint density at radius 2 is 1.75 bits per heavy atom. The SMILES string of the molecule is Cc1cc(C(=O)NC(C)c2ccc(F)cc2)ccc1NS(C)(=O)=O. The lowest BCUT2D eigenvalue weighted by atomic mass is 10.1. The van der Waals surface area contributed by atoms with E-state index in [0.29, 0.717) is 16.8 Å². The second kappa shape index (κ2) is 7.00. The quantitative estimate of drug-likeness (QED) is 0.870. The van der Waals surface area contributed by atoms with Crippen LogP contribution in [0.15, 0.2) is 42.5 Å². The van der Waals surface area contributed by atoms with E-state index in [4.69, 9.17) is 0 Å². The summed E-state index contributed by atoms with van der Waals surface area (Å²) in [5, 5.41) is 2.83. The van der Waals surface area contributed by atoms with E-state index in [2.05, 4.69) is 10.0 Å². The van der Waals surface area contributed by atoms with Crippen molar-refractivity contribution in [2.24, 2.45) is 0 Å². The first-order chi connectivity index (χ1) is 11.2. The second-order valence-electron chi connectivity index (χ2n) is 5.65. The number of benzene rings is 2. The van der Waals surface area contributed by atoms with E-state index >= 15 is 0 Å². The van der Waals surface area contributed by atoms with E-state index < -0.39 is 10.0 Å². The topological polar surface area (TPSA) is 75.3 Å². The largest absolute Gasteiger partial charge is 0.346 e. The Kier molecular flexibility index (Phi) is 5.23. The van der Waals surface area contributed by atoms with Crippen LogP contribution < -0.4 is 10.0 Å². The summed E-state index contributed by atoms with van der Waals surface area (Å²) in [6.45, 7) is 3.52. The lowest BCUT2D eigenvalue weighted by Crippen LogP contribution is -2.26. The molecule has 1 amide bonds. The third-order valence-electron chi connectivity index (χ3n) is 3.50. The first-order valence-electron chi connectivity index (χ1n) is 7.30. The van der Waals surface area contributed by atoms with Crippen LogP contribution in [0.2, 0.25) is 0 Å². The Morgan fingerprint density at radius 3 is 2.29 bits per heavy atom. The molecule has 2 aromatic rings. The van der Waals surface area contributed by atoms with Crippen molar-refractivity contribution in [3.05, 3.63) is 65.0 Å². The van der Waals surface area contributed by atoms with E-state index in [9.17, 15) is 17.6 Å². The Labute approximate surface area is 141 Å². The van der Waals surface area contributed by atoms with Crippen LogP contribution in [0.25, 0.3) is 0 Å². The molecule has 7 heteroatoms. The maximum atomic E-state index is 12.9. The van der Waals surface area contributed by atoms with Gasteiger partial charge in [0, 0.05) is 5.56 Å². The Morgan fingerprint density at radius 1 is 1.12 bits per heavy atom. The van der Waals surface area contributed by atoms with Gasteiger partial charge in [0.1, 0.15) is 5.82 Å². The Bertz CT molecular complexity index is 849. The molecule has 0 aliphatic carbocycles. The number of anilines is 1. The minimum absolute atomic E-state index is 0.285. The van der Waals surface area contributed by atoms with Crippen molar-refractivity contribution in [2.45, 2.75) is 19.9 Å². The summed E-state index contributed by atoms with van der Waals surface area (Å²) in [7, 11) is -3.37. The summed E-state index contributed by atoms with van der Waals surface area (Å²) in [4.78, 5) is 12.3. The van der Waals surface area contributed by atoms with Crippen LogP contribution in [-0.2, 0) is 10.0 Å². The van der Waals surface area contributed by atoms with Gasteiger partial charge in [0.2, 0.25) is 10.0 Å². The molecule has 0 saturated heterocycles. The van der Waals surface area contributed by atoms with Gasteiger partial charge in [-0.25, -0.2) is 12.8 Å². The lowest BCUT2D eigenvalue weighted by molar-refractivity contribution is 0.0940. The molecule has 0 heterocycles. The molecular weight excluding hydrogens is 331 g/mol. The maximum Gasteiger partial charge on any atom is 0.251 e.